The lowest BCUT2D eigenvalue weighted by molar-refractivity contribution is -0.317. The summed E-state index contributed by atoms with van der Waals surface area (Å²) in [4.78, 5) is 17.5. The van der Waals surface area contributed by atoms with Crippen LogP contribution in [0.4, 0.5) is 13.2 Å². The van der Waals surface area contributed by atoms with E-state index in [9.17, 15) is 0 Å². The summed E-state index contributed by atoms with van der Waals surface area (Å²) in [5, 5.41) is 0. The van der Waals surface area contributed by atoms with Crippen molar-refractivity contribution in [1.29, 1.82) is 0 Å². The number of alkyl halides is 3. The van der Waals surface area contributed by atoms with E-state index < -0.39 is 80.6 Å². The van der Waals surface area contributed by atoms with Gasteiger partial charge in [-0.1, -0.05) is 243 Å². The monoisotopic (exact) mass is 1110 g/mol. The molecule has 0 aromatic heterocycles. The van der Waals surface area contributed by atoms with Gasteiger partial charge in [-0.25, -0.2) is 4.79 Å². The van der Waals surface area contributed by atoms with E-state index in [4.69, 9.17) is 37.5 Å². The second-order valence-electron chi connectivity index (χ2n) is 19.3. The van der Waals surface area contributed by atoms with E-state index in [2.05, 4.69) is 4.90 Å². The van der Waals surface area contributed by atoms with Crippen molar-refractivity contribution in [2.75, 3.05) is 7.11 Å². The number of carbonyl (C=O) groups is 1. The van der Waals surface area contributed by atoms with Crippen LogP contribution in [-0.4, -0.2) is 60.6 Å². The molecule has 11 nitrogen and oxygen atoms in total. The van der Waals surface area contributed by atoms with Crippen LogP contribution < -0.4 is 0 Å². The number of methoxy groups -OCH3 is 1. The molecule has 1 saturated heterocycles. The number of ether oxygens (including phenoxy) is 6. The SMILES string of the molecule is CO[C@](C(=O)O[C@@H]([C@H]1O[C@@H](OCc2ccccc2)[C@H](N(Cc2ccccc2)Cc2ccccc2)[C@@H](OCc2ccccc2)[C@@H]1OCc1ccccc1)P(=O)(OCc1ccccc1)OCc1ccccc1)(c1ccccc1)C(F)(F)F. The predicted molar refractivity (Wildman–Crippen MR) is 297 cm³/mol. The maximum atomic E-state index is 16.7. The van der Waals surface area contributed by atoms with Gasteiger partial charge in [0.05, 0.1) is 39.1 Å². The number of halogens is 3. The van der Waals surface area contributed by atoms with Gasteiger partial charge in [-0.15, -0.1) is 0 Å². The Morgan fingerprint density at radius 2 is 0.825 bits per heavy atom. The summed E-state index contributed by atoms with van der Waals surface area (Å²) in [6.45, 7) is -0.343. The molecule has 1 heterocycles. The summed E-state index contributed by atoms with van der Waals surface area (Å²) in [5.74, 6) is -4.33. The molecule has 0 spiro atoms. The molecule has 0 radical (unpaired) electrons. The van der Waals surface area contributed by atoms with Crippen LogP contribution in [0, 0.1) is 0 Å². The third-order valence-electron chi connectivity index (χ3n) is 13.8. The third-order valence-corrected chi connectivity index (χ3v) is 15.8. The van der Waals surface area contributed by atoms with Gasteiger partial charge in [0, 0.05) is 25.8 Å². The summed E-state index contributed by atoms with van der Waals surface area (Å²) in [5.41, 5.74) is 0.780. The number of rotatable bonds is 26. The van der Waals surface area contributed by atoms with Gasteiger partial charge < -0.3 is 37.5 Å². The lowest BCUT2D eigenvalue weighted by Crippen LogP contribution is -2.67. The second-order valence-corrected chi connectivity index (χ2v) is 21.4. The van der Waals surface area contributed by atoms with E-state index in [0.29, 0.717) is 29.8 Å². The third kappa shape index (κ3) is 14.6. The molecule has 1 aliphatic heterocycles. The van der Waals surface area contributed by atoms with Crippen LogP contribution in [0.2, 0.25) is 0 Å². The van der Waals surface area contributed by atoms with E-state index in [1.807, 2.05) is 152 Å². The van der Waals surface area contributed by atoms with Crippen LogP contribution in [0.3, 0.4) is 0 Å². The van der Waals surface area contributed by atoms with Crippen molar-refractivity contribution in [2.45, 2.75) is 94.4 Å². The Balaban J connectivity index is 1.28. The fourth-order valence-corrected chi connectivity index (χ4v) is 11.6. The van der Waals surface area contributed by atoms with Crippen LogP contribution in [-0.2, 0) is 98.6 Å². The first-order chi connectivity index (χ1) is 39.0. The van der Waals surface area contributed by atoms with Crippen LogP contribution in [0.5, 0.6) is 0 Å². The zero-order chi connectivity index (χ0) is 55.6. The molecule has 0 unspecified atom stereocenters. The van der Waals surface area contributed by atoms with Gasteiger partial charge in [-0.3, -0.25) is 9.46 Å². The standard InChI is InChI=1S/C65H63F3NO10P/c1-72-64(65(66,67)68,56-40-24-9-25-41-56)63(70)79-62(80(71,76-47-54-36-20-7-21-37-54)77-48-55-38-22-8-23-39-55)60-59(74-45-52-32-16-5-17-33-52)58(73-44-51-30-14-4-15-31-51)57(61(78-60)75-46-53-34-18-6-19-35-53)69(42-49-26-10-2-11-27-49)43-50-28-12-3-13-29-50/h2-41,57-62H,42-48H2,1H3/t57-,58-,59+,60+,61-,62-,64+/m1/s1. The molecule has 1 aliphatic rings. The zero-order valence-corrected chi connectivity index (χ0v) is 45.0. The second kappa shape index (κ2) is 27.9. The molecule has 7 atom stereocenters. The summed E-state index contributed by atoms with van der Waals surface area (Å²) >= 11 is 0. The molecule has 15 heteroatoms. The predicted octanol–water partition coefficient (Wildman–Crippen LogP) is 13.8. The number of esters is 1. The van der Waals surface area contributed by atoms with Gasteiger partial charge in [0.25, 0.3) is 5.60 Å². The minimum Gasteiger partial charge on any atom is -0.444 e. The fraction of sp³-hybridized carbons (Fsp3) is 0.246. The van der Waals surface area contributed by atoms with Crippen molar-refractivity contribution in [3.8, 4) is 0 Å². The highest BCUT2D eigenvalue weighted by atomic mass is 31.2. The minimum atomic E-state index is -5.45. The highest BCUT2D eigenvalue weighted by molar-refractivity contribution is 7.54. The van der Waals surface area contributed by atoms with E-state index in [1.54, 1.807) is 60.7 Å². The van der Waals surface area contributed by atoms with Gasteiger partial charge in [-0.2, -0.15) is 13.2 Å². The van der Waals surface area contributed by atoms with E-state index in [1.165, 1.54) is 18.2 Å². The molecule has 0 saturated carbocycles. The van der Waals surface area contributed by atoms with Crippen LogP contribution in [0.1, 0.15) is 44.5 Å². The normalized spacial score (nSPS) is 18.7. The first kappa shape index (κ1) is 57.6. The Morgan fingerprint density at radius 3 is 1.20 bits per heavy atom. The van der Waals surface area contributed by atoms with Gasteiger partial charge in [0.15, 0.2) is 6.29 Å². The smallest absolute Gasteiger partial charge is 0.432 e. The Hall–Kier alpha value is -7.07. The first-order valence-corrected chi connectivity index (χ1v) is 27.9. The lowest BCUT2D eigenvalue weighted by Gasteiger charge is -2.51. The van der Waals surface area contributed by atoms with Gasteiger partial charge in [0.1, 0.15) is 18.3 Å². The van der Waals surface area contributed by atoms with E-state index in [0.717, 1.165) is 41.5 Å². The molecule has 8 aromatic rings. The molecular weight excluding hydrogens is 1040 g/mol. The Kier molecular flexibility index (Phi) is 20.1. The molecule has 9 rings (SSSR count). The lowest BCUT2D eigenvalue weighted by atomic mass is 9.92. The molecule has 80 heavy (non-hydrogen) atoms. The molecular formula is C65H63F3NO10P. The number of hydrogen-bond donors (Lipinski definition) is 0. The molecule has 0 bridgehead atoms. The number of benzene rings is 8. The molecule has 8 aromatic carbocycles. The highest BCUT2D eigenvalue weighted by Gasteiger charge is 2.67. The number of carbonyl (C=O) groups excluding carboxylic acids is 1. The average Bonchev–Trinajstić information content (AvgIpc) is 3.57. The van der Waals surface area contributed by atoms with Crippen LogP contribution in [0.15, 0.2) is 243 Å². The van der Waals surface area contributed by atoms with E-state index in [-0.39, 0.29) is 19.8 Å². The van der Waals surface area contributed by atoms with Crippen LogP contribution >= 0.6 is 7.60 Å². The van der Waals surface area contributed by atoms with Gasteiger partial charge >= 0.3 is 19.7 Å². The quantitative estimate of drug-likeness (QED) is 0.0382. The average molecular weight is 1110 g/mol. The zero-order valence-electron chi connectivity index (χ0n) is 44.1. The van der Waals surface area contributed by atoms with Crippen molar-refractivity contribution in [3.05, 3.63) is 287 Å². The maximum absolute atomic E-state index is 16.7. The molecule has 0 aliphatic carbocycles. The summed E-state index contributed by atoms with van der Waals surface area (Å²) in [6, 6.07) is 70.6. The van der Waals surface area contributed by atoms with Crippen LogP contribution in [0.25, 0.3) is 0 Å². The summed E-state index contributed by atoms with van der Waals surface area (Å²) < 4.78 is 118. The van der Waals surface area contributed by atoms with Crippen molar-refractivity contribution in [2.24, 2.45) is 0 Å². The van der Waals surface area contributed by atoms with Gasteiger partial charge in [-0.05, 0) is 38.9 Å². The van der Waals surface area contributed by atoms with E-state index >= 15 is 22.5 Å². The maximum Gasteiger partial charge on any atom is 0.432 e. The Bertz CT molecular complexity index is 3050. The minimum absolute atomic E-state index is 0.0121. The molecule has 0 N–H and O–H groups in total. The van der Waals surface area contributed by atoms with Crippen molar-refractivity contribution >= 4 is 13.6 Å². The van der Waals surface area contributed by atoms with Crippen molar-refractivity contribution in [1.82, 2.24) is 4.90 Å². The number of nitrogens with zero attached hydrogens (tertiary/aromatic N) is 1. The van der Waals surface area contributed by atoms with Gasteiger partial charge in [0.2, 0.25) is 5.85 Å². The Morgan fingerprint density at radius 1 is 0.487 bits per heavy atom. The first-order valence-electron chi connectivity index (χ1n) is 26.3. The summed E-state index contributed by atoms with van der Waals surface area (Å²) in [6.07, 6.45) is -11.3. The Labute approximate surface area is 465 Å². The molecule has 0 amide bonds. The largest absolute Gasteiger partial charge is 0.444 e. The molecule has 414 valence electrons. The summed E-state index contributed by atoms with van der Waals surface area (Å²) in [7, 11) is -4.43. The molecule has 1 fully saturated rings. The topological polar surface area (TPSA) is 111 Å². The fourth-order valence-electron chi connectivity index (χ4n) is 9.72. The highest BCUT2D eigenvalue weighted by Crippen LogP contribution is 2.59. The number of hydrogen-bond acceptors (Lipinski definition) is 11. The van der Waals surface area contributed by atoms with Crippen molar-refractivity contribution < 1.29 is 60.0 Å². The van der Waals surface area contributed by atoms with Crippen molar-refractivity contribution in [3.63, 3.8) is 0 Å².